The number of carbonyl (C=O) groups excluding carboxylic acids is 3. The summed E-state index contributed by atoms with van der Waals surface area (Å²) in [6, 6.07) is 0. The van der Waals surface area contributed by atoms with Crippen molar-refractivity contribution in [2.75, 3.05) is 6.61 Å². The molecule has 33 heavy (non-hydrogen) atoms. The SMILES string of the molecule is C[C@]12CC[C@H]3[C@@H](CCC4=C/C(=N/OCC(=O)ON5C(=O)CCC5=O)CC[C@@]43C)[C@@H]1CC[C@H]2O. The Balaban J connectivity index is 1.22. The molecule has 1 aliphatic heterocycles. The van der Waals surface area contributed by atoms with Crippen LogP contribution in [0, 0.1) is 28.6 Å². The molecule has 8 nitrogen and oxygen atoms in total. The van der Waals surface area contributed by atoms with Crippen LogP contribution in [0.3, 0.4) is 0 Å². The molecular weight excluding hydrogens is 424 g/mol. The van der Waals surface area contributed by atoms with Crippen LogP contribution >= 0.6 is 0 Å². The van der Waals surface area contributed by atoms with Gasteiger partial charge in [0.05, 0.1) is 11.8 Å². The van der Waals surface area contributed by atoms with E-state index in [0.29, 0.717) is 22.8 Å². The van der Waals surface area contributed by atoms with Crippen LogP contribution < -0.4 is 0 Å². The van der Waals surface area contributed by atoms with E-state index in [1.165, 1.54) is 12.0 Å². The Morgan fingerprint density at radius 2 is 1.82 bits per heavy atom. The van der Waals surface area contributed by atoms with Gasteiger partial charge in [-0.15, -0.1) is 5.06 Å². The van der Waals surface area contributed by atoms with Crippen LogP contribution in [0.1, 0.15) is 78.1 Å². The minimum Gasteiger partial charge on any atom is -0.393 e. The van der Waals surface area contributed by atoms with E-state index in [1.807, 2.05) is 0 Å². The van der Waals surface area contributed by atoms with Gasteiger partial charge in [-0.05, 0) is 86.0 Å². The number of hydrogen-bond donors (Lipinski definition) is 1. The van der Waals surface area contributed by atoms with Gasteiger partial charge >= 0.3 is 5.97 Å². The van der Waals surface area contributed by atoms with Crippen LogP contribution in [-0.4, -0.2) is 46.4 Å². The van der Waals surface area contributed by atoms with Gasteiger partial charge in [-0.25, -0.2) is 4.79 Å². The summed E-state index contributed by atoms with van der Waals surface area (Å²) in [6.45, 7) is 4.26. The van der Waals surface area contributed by atoms with Gasteiger partial charge in [0, 0.05) is 12.8 Å². The molecule has 1 N–H and O–H groups in total. The molecule has 0 aromatic heterocycles. The fourth-order valence-electron chi connectivity index (χ4n) is 7.57. The predicted octanol–water partition coefficient (Wildman–Crippen LogP) is 3.29. The van der Waals surface area contributed by atoms with Crippen LogP contribution in [0.2, 0.25) is 0 Å². The van der Waals surface area contributed by atoms with Gasteiger partial charge in [0.25, 0.3) is 11.8 Å². The zero-order valence-electron chi connectivity index (χ0n) is 19.5. The quantitative estimate of drug-likeness (QED) is 0.512. The number of imide groups is 1. The van der Waals surface area contributed by atoms with Gasteiger partial charge in [0.15, 0.2) is 0 Å². The number of oxime groups is 1. The third-order valence-corrected chi connectivity index (χ3v) is 9.49. The lowest BCUT2D eigenvalue weighted by Crippen LogP contribution is -2.51. The number of hydrogen-bond acceptors (Lipinski definition) is 7. The zero-order valence-corrected chi connectivity index (χ0v) is 19.5. The molecule has 1 saturated heterocycles. The standard InChI is InChI=1S/C25H34N2O6/c1-24-11-9-16(26-32-14-23(31)33-27-21(29)7-8-22(27)30)13-15(24)3-4-17-18-5-6-20(28)25(18,2)12-10-19(17)24/h13,17-20,28H,3-12,14H2,1-2H3/b26-16+/t17-,18-,19-,20+,24-,25-/m0/s1. The number of rotatable bonds is 4. The van der Waals surface area contributed by atoms with Crippen molar-refractivity contribution in [3.8, 4) is 0 Å². The molecule has 1 heterocycles. The smallest absolute Gasteiger partial charge is 0.373 e. The van der Waals surface area contributed by atoms with Crippen molar-refractivity contribution in [2.45, 2.75) is 84.2 Å². The lowest BCUT2D eigenvalue weighted by atomic mass is 9.47. The summed E-state index contributed by atoms with van der Waals surface area (Å²) in [5.41, 5.74) is 2.49. The zero-order chi connectivity index (χ0) is 23.4. The van der Waals surface area contributed by atoms with Crippen molar-refractivity contribution < 1.29 is 29.2 Å². The van der Waals surface area contributed by atoms with E-state index in [0.717, 1.165) is 50.7 Å². The summed E-state index contributed by atoms with van der Waals surface area (Å²) in [7, 11) is 0. The monoisotopic (exact) mass is 458 g/mol. The van der Waals surface area contributed by atoms with Crippen LogP contribution in [-0.2, 0) is 24.1 Å². The lowest BCUT2D eigenvalue weighted by Gasteiger charge is -2.57. The van der Waals surface area contributed by atoms with E-state index in [2.05, 4.69) is 25.1 Å². The highest BCUT2D eigenvalue weighted by Crippen LogP contribution is 2.65. The summed E-state index contributed by atoms with van der Waals surface area (Å²) in [6.07, 6.45) is 10.5. The largest absolute Gasteiger partial charge is 0.393 e. The number of fused-ring (bicyclic) bond motifs is 5. The maximum atomic E-state index is 11.9. The number of nitrogens with zero attached hydrogens (tertiary/aromatic N) is 2. The van der Waals surface area contributed by atoms with Crippen molar-refractivity contribution in [3.63, 3.8) is 0 Å². The Morgan fingerprint density at radius 3 is 2.58 bits per heavy atom. The predicted molar refractivity (Wildman–Crippen MR) is 118 cm³/mol. The molecule has 6 atom stereocenters. The van der Waals surface area contributed by atoms with Crippen molar-refractivity contribution in [1.29, 1.82) is 0 Å². The van der Waals surface area contributed by atoms with Crippen molar-refractivity contribution in [3.05, 3.63) is 11.6 Å². The Kier molecular flexibility index (Phi) is 5.62. The van der Waals surface area contributed by atoms with Crippen LogP contribution in [0.15, 0.2) is 16.8 Å². The first-order valence-electron chi connectivity index (χ1n) is 12.4. The average molecular weight is 459 g/mol. The van der Waals surface area contributed by atoms with Crippen molar-refractivity contribution in [1.82, 2.24) is 5.06 Å². The Morgan fingerprint density at radius 1 is 1.06 bits per heavy atom. The normalized spacial score (nSPS) is 41.4. The van der Waals surface area contributed by atoms with Gasteiger partial charge in [0.1, 0.15) is 0 Å². The van der Waals surface area contributed by atoms with Crippen molar-refractivity contribution >= 4 is 23.5 Å². The van der Waals surface area contributed by atoms with Gasteiger partial charge in [-0.1, -0.05) is 24.6 Å². The Labute approximate surface area is 194 Å². The molecule has 4 aliphatic carbocycles. The molecule has 2 amide bonds. The third-order valence-electron chi connectivity index (χ3n) is 9.49. The second kappa shape index (κ2) is 8.22. The minimum absolute atomic E-state index is 0.0596. The fraction of sp³-hybridized carbons (Fsp3) is 0.760. The highest BCUT2D eigenvalue weighted by atomic mass is 16.7. The second-order valence-electron chi connectivity index (χ2n) is 11.0. The van der Waals surface area contributed by atoms with E-state index in [1.54, 1.807) is 0 Å². The first kappa shape index (κ1) is 22.6. The molecule has 0 aromatic rings. The molecule has 5 rings (SSSR count). The lowest BCUT2D eigenvalue weighted by molar-refractivity contribution is -0.200. The highest BCUT2D eigenvalue weighted by molar-refractivity contribution is 6.01. The number of carbonyl (C=O) groups is 3. The molecular formula is C25H34N2O6. The Bertz CT molecular complexity index is 912. The molecule has 0 aromatic carbocycles. The van der Waals surface area contributed by atoms with E-state index in [9.17, 15) is 19.5 Å². The summed E-state index contributed by atoms with van der Waals surface area (Å²) in [4.78, 5) is 45.0. The topological polar surface area (TPSA) is 106 Å². The first-order chi connectivity index (χ1) is 15.7. The molecule has 0 radical (unpaired) electrons. The van der Waals surface area contributed by atoms with Gasteiger partial charge in [-0.2, -0.15) is 0 Å². The summed E-state index contributed by atoms with van der Waals surface area (Å²) >= 11 is 0. The molecule has 5 aliphatic rings. The first-order valence-corrected chi connectivity index (χ1v) is 12.4. The number of allylic oxidation sites excluding steroid dienone is 2. The van der Waals surface area contributed by atoms with Crippen LogP contribution in [0.5, 0.6) is 0 Å². The maximum absolute atomic E-state index is 11.9. The van der Waals surface area contributed by atoms with Crippen LogP contribution in [0.4, 0.5) is 0 Å². The third kappa shape index (κ3) is 3.70. The molecule has 4 fully saturated rings. The summed E-state index contributed by atoms with van der Waals surface area (Å²) in [5.74, 6) is 0.116. The van der Waals surface area contributed by atoms with E-state index < -0.39 is 24.4 Å². The van der Waals surface area contributed by atoms with Crippen LogP contribution in [0.25, 0.3) is 0 Å². The molecule has 3 saturated carbocycles. The number of aliphatic hydroxyl groups excluding tert-OH is 1. The number of aliphatic hydroxyl groups is 1. The summed E-state index contributed by atoms with van der Waals surface area (Å²) in [5, 5.41) is 15.3. The molecule has 0 unspecified atom stereocenters. The highest BCUT2D eigenvalue weighted by Gasteiger charge is 2.58. The van der Waals surface area contributed by atoms with Gasteiger partial charge < -0.3 is 14.8 Å². The van der Waals surface area contributed by atoms with Crippen molar-refractivity contribution in [2.24, 2.45) is 33.7 Å². The number of hydroxylamine groups is 2. The minimum atomic E-state index is -0.819. The maximum Gasteiger partial charge on any atom is 0.373 e. The van der Waals surface area contributed by atoms with E-state index in [-0.39, 0.29) is 29.8 Å². The molecule has 8 heteroatoms. The molecule has 0 bridgehead atoms. The fourth-order valence-corrected chi connectivity index (χ4v) is 7.57. The summed E-state index contributed by atoms with van der Waals surface area (Å²) < 4.78 is 0. The molecule has 180 valence electrons. The van der Waals surface area contributed by atoms with Gasteiger partial charge in [0.2, 0.25) is 6.61 Å². The van der Waals surface area contributed by atoms with E-state index >= 15 is 0 Å². The Hall–Kier alpha value is -2.22. The van der Waals surface area contributed by atoms with E-state index in [4.69, 9.17) is 9.68 Å². The van der Waals surface area contributed by atoms with Gasteiger partial charge in [-0.3, -0.25) is 9.59 Å². The second-order valence-corrected chi connectivity index (χ2v) is 11.0. The number of amides is 2. The molecule has 0 spiro atoms. The average Bonchev–Trinajstić information content (AvgIpc) is 3.26.